The van der Waals surface area contributed by atoms with E-state index in [1.807, 2.05) is 30.5 Å². The molecule has 0 saturated carbocycles. The molecule has 1 aromatic carbocycles. The van der Waals surface area contributed by atoms with Crippen LogP contribution in [0.1, 0.15) is 76.7 Å². The number of carbonyl (C=O) groups excluding carboxylic acids is 1. The van der Waals surface area contributed by atoms with Crippen LogP contribution in [-0.4, -0.2) is 28.0 Å². The van der Waals surface area contributed by atoms with E-state index in [0.717, 1.165) is 74.3 Å². The second-order valence-electron chi connectivity index (χ2n) is 8.62. The minimum atomic E-state index is -1.00. The number of aliphatic carboxylic acids is 1. The van der Waals surface area contributed by atoms with E-state index in [2.05, 4.69) is 53.7 Å². The van der Waals surface area contributed by atoms with Gasteiger partial charge in [-0.2, -0.15) is 0 Å². The molecule has 1 unspecified atom stereocenters. The fourth-order valence-electron chi connectivity index (χ4n) is 3.89. The van der Waals surface area contributed by atoms with Crippen molar-refractivity contribution < 1.29 is 14.7 Å². The molecule has 0 bridgehead atoms. The Morgan fingerprint density at radius 2 is 1.62 bits per heavy atom. The van der Waals surface area contributed by atoms with Crippen LogP contribution in [0.5, 0.6) is 0 Å². The van der Waals surface area contributed by atoms with Gasteiger partial charge in [0.25, 0.3) is 0 Å². The summed E-state index contributed by atoms with van der Waals surface area (Å²) in [7, 11) is 0. The Kier molecular flexibility index (Phi) is 13.2. The number of allylic oxidation sites excluding steroid dienone is 6. The lowest BCUT2D eigenvalue weighted by Crippen LogP contribution is -2.42. The molecule has 1 amide bonds. The van der Waals surface area contributed by atoms with Crippen molar-refractivity contribution in [2.24, 2.45) is 0 Å². The number of H-pyrrole nitrogens is 1. The van der Waals surface area contributed by atoms with Gasteiger partial charge in [0, 0.05) is 29.9 Å². The van der Waals surface area contributed by atoms with E-state index in [0.29, 0.717) is 6.42 Å². The monoisotopic (exact) mass is 464 g/mol. The summed E-state index contributed by atoms with van der Waals surface area (Å²) in [5, 5.41) is 13.3. The first-order valence-corrected chi connectivity index (χ1v) is 12.6. The van der Waals surface area contributed by atoms with Crippen molar-refractivity contribution in [2.45, 2.75) is 83.6 Å². The Hall–Kier alpha value is -3.08. The van der Waals surface area contributed by atoms with Crippen molar-refractivity contribution in [1.82, 2.24) is 10.3 Å². The minimum Gasteiger partial charge on any atom is -0.480 e. The predicted molar refractivity (Wildman–Crippen MR) is 141 cm³/mol. The third kappa shape index (κ3) is 10.7. The quantitative estimate of drug-likeness (QED) is 0.176. The molecule has 184 valence electrons. The SMILES string of the molecule is CC/C=C\C/C=C\C/C=C\CCCCCCCC(=O)NC(Cc1c[nH]c2ccccc12)C(=O)O. The van der Waals surface area contributed by atoms with E-state index in [1.165, 1.54) is 0 Å². The number of hydrogen-bond acceptors (Lipinski definition) is 2. The van der Waals surface area contributed by atoms with E-state index >= 15 is 0 Å². The van der Waals surface area contributed by atoms with Crippen LogP contribution in [0, 0.1) is 0 Å². The molecule has 0 aliphatic carbocycles. The maximum Gasteiger partial charge on any atom is 0.326 e. The lowest BCUT2D eigenvalue weighted by atomic mass is 10.0. The number of fused-ring (bicyclic) bond motifs is 1. The van der Waals surface area contributed by atoms with Crippen molar-refractivity contribution in [1.29, 1.82) is 0 Å². The summed E-state index contributed by atoms with van der Waals surface area (Å²) in [6.45, 7) is 2.14. The van der Waals surface area contributed by atoms with Gasteiger partial charge in [0.05, 0.1) is 0 Å². The summed E-state index contributed by atoms with van der Waals surface area (Å²) in [5.41, 5.74) is 1.87. The Labute approximate surface area is 204 Å². The zero-order chi connectivity index (χ0) is 24.4. The van der Waals surface area contributed by atoms with Crippen molar-refractivity contribution in [3.05, 3.63) is 72.5 Å². The van der Waals surface area contributed by atoms with Gasteiger partial charge in [0.1, 0.15) is 6.04 Å². The average Bonchev–Trinajstić information content (AvgIpc) is 3.24. The number of carboxylic acid groups (broad SMARTS) is 1. The van der Waals surface area contributed by atoms with Crippen LogP contribution in [0.4, 0.5) is 0 Å². The Balaban J connectivity index is 1.55. The molecular formula is C29H40N2O3. The zero-order valence-electron chi connectivity index (χ0n) is 20.5. The first-order valence-electron chi connectivity index (χ1n) is 12.6. The van der Waals surface area contributed by atoms with Gasteiger partial charge in [-0.1, -0.05) is 80.8 Å². The van der Waals surface area contributed by atoms with Crippen LogP contribution in [0.15, 0.2) is 66.9 Å². The Morgan fingerprint density at radius 1 is 0.941 bits per heavy atom. The van der Waals surface area contributed by atoms with Crippen LogP contribution in [0.3, 0.4) is 0 Å². The number of aromatic nitrogens is 1. The van der Waals surface area contributed by atoms with Crippen LogP contribution in [0.25, 0.3) is 10.9 Å². The number of amides is 1. The normalized spacial score (nSPS) is 12.9. The molecule has 0 spiro atoms. The lowest BCUT2D eigenvalue weighted by Gasteiger charge is -2.14. The van der Waals surface area contributed by atoms with Crippen LogP contribution in [0.2, 0.25) is 0 Å². The number of unbranched alkanes of at least 4 members (excludes halogenated alkanes) is 5. The van der Waals surface area contributed by atoms with Gasteiger partial charge in [-0.05, 0) is 50.2 Å². The van der Waals surface area contributed by atoms with Gasteiger partial charge in [0.15, 0.2) is 0 Å². The number of benzene rings is 1. The van der Waals surface area contributed by atoms with E-state index in [-0.39, 0.29) is 12.3 Å². The summed E-state index contributed by atoms with van der Waals surface area (Å²) in [4.78, 5) is 27.1. The van der Waals surface area contributed by atoms with Crippen LogP contribution in [-0.2, 0) is 16.0 Å². The second-order valence-corrected chi connectivity index (χ2v) is 8.62. The fraction of sp³-hybridized carbons (Fsp3) is 0.448. The van der Waals surface area contributed by atoms with Gasteiger partial charge in [0.2, 0.25) is 5.91 Å². The largest absolute Gasteiger partial charge is 0.480 e. The number of carboxylic acids is 1. The standard InChI is InChI=1S/C29H40N2O3/c1-2-3-4-5-6-7-8-9-10-11-12-13-14-15-16-21-28(32)31-27(29(33)34)22-24-23-30-26-20-18-17-19-25(24)26/h3-4,6-7,9-10,17-20,23,27,30H,2,5,8,11-16,21-22H2,1H3,(H,31,32)(H,33,34)/b4-3-,7-6-,10-9-. The molecule has 5 nitrogen and oxygen atoms in total. The molecule has 5 heteroatoms. The predicted octanol–water partition coefficient (Wildman–Crippen LogP) is 6.87. The smallest absolute Gasteiger partial charge is 0.326 e. The topological polar surface area (TPSA) is 82.2 Å². The molecule has 1 atom stereocenters. The van der Waals surface area contributed by atoms with Gasteiger partial charge in [-0.25, -0.2) is 4.79 Å². The summed E-state index contributed by atoms with van der Waals surface area (Å²) in [6.07, 6.45) is 25.1. The summed E-state index contributed by atoms with van der Waals surface area (Å²) >= 11 is 0. The lowest BCUT2D eigenvalue weighted by molar-refractivity contribution is -0.141. The summed E-state index contributed by atoms with van der Waals surface area (Å²) in [6, 6.07) is 6.86. The third-order valence-electron chi connectivity index (χ3n) is 5.79. The van der Waals surface area contributed by atoms with Crippen molar-refractivity contribution >= 4 is 22.8 Å². The Bertz CT molecular complexity index is 955. The fourth-order valence-corrected chi connectivity index (χ4v) is 3.89. The van der Waals surface area contributed by atoms with Gasteiger partial charge in [-0.15, -0.1) is 0 Å². The van der Waals surface area contributed by atoms with E-state index in [1.54, 1.807) is 0 Å². The highest BCUT2D eigenvalue weighted by molar-refractivity contribution is 5.86. The van der Waals surface area contributed by atoms with Gasteiger partial charge < -0.3 is 15.4 Å². The second kappa shape index (κ2) is 16.5. The van der Waals surface area contributed by atoms with Crippen molar-refractivity contribution in [2.75, 3.05) is 0 Å². The first-order chi connectivity index (χ1) is 16.6. The average molecular weight is 465 g/mol. The molecule has 0 fully saturated rings. The summed E-state index contributed by atoms with van der Waals surface area (Å²) in [5.74, 6) is -1.19. The molecule has 2 aromatic rings. The highest BCUT2D eigenvalue weighted by Crippen LogP contribution is 2.19. The molecule has 0 aliphatic heterocycles. The number of aromatic amines is 1. The highest BCUT2D eigenvalue weighted by atomic mass is 16.4. The maximum atomic E-state index is 12.3. The maximum absolute atomic E-state index is 12.3. The van der Waals surface area contributed by atoms with E-state index < -0.39 is 12.0 Å². The van der Waals surface area contributed by atoms with Gasteiger partial charge >= 0.3 is 5.97 Å². The molecule has 34 heavy (non-hydrogen) atoms. The van der Waals surface area contributed by atoms with Crippen molar-refractivity contribution in [3.63, 3.8) is 0 Å². The highest BCUT2D eigenvalue weighted by Gasteiger charge is 2.21. The van der Waals surface area contributed by atoms with Crippen LogP contribution >= 0.6 is 0 Å². The Morgan fingerprint density at radius 3 is 2.38 bits per heavy atom. The van der Waals surface area contributed by atoms with Crippen LogP contribution < -0.4 is 5.32 Å². The molecule has 1 heterocycles. The first kappa shape index (κ1) is 27.2. The van der Waals surface area contributed by atoms with Crippen molar-refractivity contribution in [3.8, 4) is 0 Å². The van der Waals surface area contributed by atoms with E-state index in [9.17, 15) is 14.7 Å². The molecule has 2 rings (SSSR count). The molecule has 0 saturated heterocycles. The van der Waals surface area contributed by atoms with Gasteiger partial charge in [-0.3, -0.25) is 4.79 Å². The number of carbonyl (C=O) groups is 2. The summed E-state index contributed by atoms with van der Waals surface area (Å²) < 4.78 is 0. The molecule has 3 N–H and O–H groups in total. The number of para-hydroxylation sites is 1. The number of rotatable bonds is 17. The van der Waals surface area contributed by atoms with E-state index in [4.69, 9.17) is 0 Å². The zero-order valence-corrected chi connectivity index (χ0v) is 20.5. The minimum absolute atomic E-state index is 0.187. The third-order valence-corrected chi connectivity index (χ3v) is 5.79. The molecule has 0 aliphatic rings. The molecular weight excluding hydrogens is 424 g/mol. The molecule has 0 radical (unpaired) electrons. The number of nitrogens with one attached hydrogen (secondary N) is 2. The number of hydrogen-bond donors (Lipinski definition) is 3. The molecule has 1 aromatic heterocycles.